The van der Waals surface area contributed by atoms with Gasteiger partial charge in [-0.2, -0.15) is 5.10 Å². The number of fused-ring (bicyclic) bond motifs is 1. The number of amides is 2. The van der Waals surface area contributed by atoms with E-state index in [1.807, 2.05) is 64.6 Å². The number of anilines is 1. The van der Waals surface area contributed by atoms with E-state index in [1.54, 1.807) is 11.1 Å². The molecule has 4 N–H and O–H groups in total. The van der Waals surface area contributed by atoms with Crippen LogP contribution in [0.15, 0.2) is 24.5 Å². The van der Waals surface area contributed by atoms with E-state index >= 15 is 0 Å². The molecule has 2 saturated heterocycles. The number of hydrogen-bond acceptors (Lipinski definition) is 7. The molecule has 2 amide bonds. The molecule has 2 fully saturated rings. The Morgan fingerprint density at radius 2 is 1.92 bits per heavy atom. The Morgan fingerprint density at radius 1 is 1.17 bits per heavy atom. The van der Waals surface area contributed by atoms with Gasteiger partial charge in [-0.25, -0.2) is 15.2 Å². The van der Waals surface area contributed by atoms with Gasteiger partial charge in [0.1, 0.15) is 17.3 Å². The van der Waals surface area contributed by atoms with Crippen LogP contribution < -0.4 is 16.2 Å². The highest BCUT2D eigenvalue weighted by atomic mass is 16.6. The predicted octanol–water partition coefficient (Wildman–Crippen LogP) is 2.97. The highest BCUT2D eigenvalue weighted by Gasteiger charge is 2.36. The number of aromatic nitrogens is 4. The SMILES string of the molecule is Cc1nn(C2CN(C(=O)OC(C)(C)C)C2)cc1-c1cc2cc(NC(=O)C3NNC(C)C3C)cnc2[nH]1. The molecule has 0 aromatic carbocycles. The van der Waals surface area contributed by atoms with Crippen LogP contribution in [0.2, 0.25) is 0 Å². The second kappa shape index (κ2) is 8.90. The number of nitrogens with one attached hydrogen (secondary N) is 4. The van der Waals surface area contributed by atoms with Gasteiger partial charge in [0.15, 0.2) is 0 Å². The summed E-state index contributed by atoms with van der Waals surface area (Å²) in [5.41, 5.74) is 9.80. The largest absolute Gasteiger partial charge is 0.444 e. The first-order valence-electron chi connectivity index (χ1n) is 12.3. The molecule has 36 heavy (non-hydrogen) atoms. The predicted molar refractivity (Wildman–Crippen MR) is 136 cm³/mol. The van der Waals surface area contributed by atoms with Crippen LogP contribution in [0, 0.1) is 12.8 Å². The molecule has 3 aromatic rings. The van der Waals surface area contributed by atoms with Crippen LogP contribution in [0.25, 0.3) is 22.3 Å². The molecule has 11 heteroatoms. The number of carbonyl (C=O) groups excluding carboxylic acids is 2. The summed E-state index contributed by atoms with van der Waals surface area (Å²) in [5, 5.41) is 8.56. The quantitative estimate of drug-likeness (QED) is 0.439. The molecule has 0 spiro atoms. The van der Waals surface area contributed by atoms with Crippen LogP contribution in [-0.4, -0.2) is 67.4 Å². The molecule has 192 valence electrons. The second-order valence-corrected chi connectivity index (χ2v) is 10.9. The van der Waals surface area contributed by atoms with E-state index in [4.69, 9.17) is 4.74 Å². The van der Waals surface area contributed by atoms with Gasteiger partial charge in [0, 0.05) is 36.3 Å². The molecular weight excluding hydrogens is 460 g/mol. The zero-order valence-corrected chi connectivity index (χ0v) is 21.5. The van der Waals surface area contributed by atoms with E-state index in [1.165, 1.54) is 0 Å². The summed E-state index contributed by atoms with van der Waals surface area (Å²) < 4.78 is 7.36. The van der Waals surface area contributed by atoms with Crippen LogP contribution in [0.3, 0.4) is 0 Å². The second-order valence-electron chi connectivity index (χ2n) is 10.9. The van der Waals surface area contributed by atoms with Crippen molar-refractivity contribution in [2.75, 3.05) is 18.4 Å². The van der Waals surface area contributed by atoms with Gasteiger partial charge in [-0.05, 0) is 52.7 Å². The van der Waals surface area contributed by atoms with Crippen molar-refractivity contribution in [1.82, 2.24) is 35.5 Å². The minimum atomic E-state index is -0.508. The lowest BCUT2D eigenvalue weighted by molar-refractivity contribution is -0.118. The number of nitrogens with zero attached hydrogens (tertiary/aromatic N) is 4. The Labute approximate surface area is 209 Å². The van der Waals surface area contributed by atoms with Crippen molar-refractivity contribution in [2.24, 2.45) is 5.92 Å². The zero-order valence-electron chi connectivity index (χ0n) is 21.5. The molecule has 2 aliphatic heterocycles. The minimum Gasteiger partial charge on any atom is -0.444 e. The number of ether oxygens (including phenoxy) is 1. The van der Waals surface area contributed by atoms with Gasteiger partial charge in [-0.3, -0.25) is 14.9 Å². The van der Waals surface area contributed by atoms with Crippen molar-refractivity contribution in [2.45, 2.75) is 65.3 Å². The first-order valence-corrected chi connectivity index (χ1v) is 12.3. The van der Waals surface area contributed by atoms with Gasteiger partial charge < -0.3 is 19.9 Å². The lowest BCUT2D eigenvalue weighted by atomic mass is 9.97. The van der Waals surface area contributed by atoms with Crippen LogP contribution >= 0.6 is 0 Å². The minimum absolute atomic E-state index is 0.0886. The number of likely N-dealkylation sites (tertiary alicyclic amines) is 1. The summed E-state index contributed by atoms with van der Waals surface area (Å²) >= 11 is 0. The normalized spacial score (nSPS) is 22.6. The molecule has 2 aliphatic rings. The fraction of sp³-hybridized carbons (Fsp3) is 0.520. The molecule has 5 heterocycles. The fourth-order valence-corrected chi connectivity index (χ4v) is 4.56. The van der Waals surface area contributed by atoms with Crippen LogP contribution in [0.5, 0.6) is 0 Å². The number of aryl methyl sites for hydroxylation is 1. The third-order valence-electron chi connectivity index (χ3n) is 6.90. The maximum absolute atomic E-state index is 12.7. The lowest BCUT2D eigenvalue weighted by Crippen LogP contribution is -2.52. The topological polar surface area (TPSA) is 129 Å². The van der Waals surface area contributed by atoms with Crippen LogP contribution in [-0.2, 0) is 9.53 Å². The van der Waals surface area contributed by atoms with E-state index in [0.717, 1.165) is 28.0 Å². The highest BCUT2D eigenvalue weighted by molar-refractivity contribution is 5.97. The summed E-state index contributed by atoms with van der Waals surface area (Å²) in [7, 11) is 0. The van der Waals surface area contributed by atoms with Gasteiger partial charge in [0.25, 0.3) is 0 Å². The molecule has 11 nitrogen and oxygen atoms in total. The van der Waals surface area contributed by atoms with Gasteiger partial charge >= 0.3 is 6.09 Å². The number of aromatic amines is 1. The standard InChI is InChI=1S/C25H34N8O3/c1-13-14(2)29-30-21(13)23(34)27-17-7-16-8-20(28-22(16)26-9-17)19-12-33(31-15(19)3)18-10-32(11-18)24(35)36-25(4,5)6/h7-9,12-14,18,21,29-30H,10-11H2,1-6H3,(H,26,28)(H,27,34). The number of rotatable bonds is 4. The van der Waals surface area contributed by atoms with E-state index in [0.29, 0.717) is 18.8 Å². The molecule has 3 atom stereocenters. The van der Waals surface area contributed by atoms with E-state index in [9.17, 15) is 9.59 Å². The monoisotopic (exact) mass is 494 g/mol. The molecule has 0 radical (unpaired) electrons. The molecule has 0 bridgehead atoms. The average Bonchev–Trinajstić information content (AvgIpc) is 3.42. The molecule has 0 aliphatic carbocycles. The Morgan fingerprint density at radius 3 is 2.58 bits per heavy atom. The average molecular weight is 495 g/mol. The van der Waals surface area contributed by atoms with Gasteiger partial charge in [-0.1, -0.05) is 6.92 Å². The third kappa shape index (κ3) is 4.68. The number of hydrazine groups is 1. The number of carbonyl (C=O) groups is 2. The first-order chi connectivity index (χ1) is 17.0. The van der Waals surface area contributed by atoms with E-state index in [-0.39, 0.29) is 36.0 Å². The summed E-state index contributed by atoms with van der Waals surface area (Å²) in [6, 6.07) is 3.96. The summed E-state index contributed by atoms with van der Waals surface area (Å²) in [6.07, 6.45) is 3.37. The summed E-state index contributed by atoms with van der Waals surface area (Å²) in [4.78, 5) is 34.5. The van der Waals surface area contributed by atoms with Crippen molar-refractivity contribution in [3.63, 3.8) is 0 Å². The van der Waals surface area contributed by atoms with Gasteiger partial charge in [0.2, 0.25) is 5.91 Å². The van der Waals surface area contributed by atoms with Crippen molar-refractivity contribution < 1.29 is 14.3 Å². The van der Waals surface area contributed by atoms with E-state index in [2.05, 4.69) is 31.2 Å². The number of pyridine rings is 1. The zero-order chi connectivity index (χ0) is 25.8. The van der Waals surface area contributed by atoms with Crippen LogP contribution in [0.1, 0.15) is 46.4 Å². The molecule has 5 rings (SSSR count). The summed E-state index contributed by atoms with van der Waals surface area (Å²) in [5.74, 6) is 0.0845. The smallest absolute Gasteiger partial charge is 0.410 e. The molecule has 3 aromatic heterocycles. The van der Waals surface area contributed by atoms with Crippen molar-refractivity contribution >= 4 is 28.7 Å². The van der Waals surface area contributed by atoms with Gasteiger partial charge in [0.05, 0.1) is 29.3 Å². The van der Waals surface area contributed by atoms with Gasteiger partial charge in [-0.15, -0.1) is 0 Å². The van der Waals surface area contributed by atoms with Crippen molar-refractivity contribution in [3.8, 4) is 11.3 Å². The number of H-pyrrole nitrogens is 1. The Bertz CT molecular complexity index is 1300. The Hall–Kier alpha value is -3.44. The van der Waals surface area contributed by atoms with Crippen molar-refractivity contribution in [1.29, 1.82) is 0 Å². The number of hydrogen-bond donors (Lipinski definition) is 4. The molecule has 0 saturated carbocycles. The van der Waals surface area contributed by atoms with E-state index < -0.39 is 5.60 Å². The highest BCUT2D eigenvalue weighted by Crippen LogP contribution is 2.30. The lowest BCUT2D eigenvalue weighted by Gasteiger charge is -2.39. The molecule has 3 unspecified atom stereocenters. The Kier molecular flexibility index (Phi) is 6.00. The Balaban J connectivity index is 1.27. The van der Waals surface area contributed by atoms with Crippen LogP contribution in [0.4, 0.5) is 10.5 Å². The first kappa shape index (κ1) is 24.3. The van der Waals surface area contributed by atoms with Crippen molar-refractivity contribution in [3.05, 3.63) is 30.2 Å². The third-order valence-corrected chi connectivity index (χ3v) is 6.90. The maximum Gasteiger partial charge on any atom is 0.410 e. The maximum atomic E-state index is 12.7. The molecular formula is C25H34N8O3. The fourth-order valence-electron chi connectivity index (χ4n) is 4.56. The summed E-state index contributed by atoms with van der Waals surface area (Å²) in [6.45, 7) is 12.8.